The number of esters is 1. The molecule has 0 saturated heterocycles. The highest BCUT2D eigenvalue weighted by Gasteiger charge is 2.08. The Balaban J connectivity index is 1.88. The van der Waals surface area contributed by atoms with Crippen molar-refractivity contribution in [1.82, 2.24) is 4.57 Å². The predicted molar refractivity (Wildman–Crippen MR) is 89.0 cm³/mol. The number of anilines is 1. The summed E-state index contributed by atoms with van der Waals surface area (Å²) in [5, 5.41) is 4.55. The number of hydrogen-bond donors (Lipinski definition) is 1. The van der Waals surface area contributed by atoms with Crippen molar-refractivity contribution in [1.29, 1.82) is 0 Å². The molecule has 1 aromatic heterocycles. The topological polar surface area (TPSA) is 77.4 Å². The number of ether oxygens (including phenoxy) is 1. The van der Waals surface area contributed by atoms with Crippen molar-refractivity contribution in [3.63, 3.8) is 0 Å². The summed E-state index contributed by atoms with van der Waals surface area (Å²) in [5.74, 6) is -0.610. The van der Waals surface area contributed by atoms with Crippen LogP contribution in [0.15, 0.2) is 34.4 Å². The number of benzene rings is 1. The largest absolute Gasteiger partial charge is 0.465 e. The van der Waals surface area contributed by atoms with Crippen molar-refractivity contribution >= 4 is 28.9 Å². The van der Waals surface area contributed by atoms with Crippen molar-refractivity contribution in [3.05, 3.63) is 50.6 Å². The lowest BCUT2D eigenvalue weighted by molar-refractivity contribution is -0.116. The maximum atomic E-state index is 11.9. The van der Waals surface area contributed by atoms with Crippen molar-refractivity contribution in [2.75, 3.05) is 12.4 Å². The molecule has 2 rings (SSSR count). The molecule has 1 aromatic carbocycles. The normalized spacial score (nSPS) is 10.3. The smallest absolute Gasteiger partial charge is 0.337 e. The Morgan fingerprint density at radius 1 is 1.35 bits per heavy atom. The lowest BCUT2D eigenvalue weighted by atomic mass is 10.2. The summed E-state index contributed by atoms with van der Waals surface area (Å²) in [6.07, 6.45) is 0.865. The quantitative estimate of drug-likeness (QED) is 0.823. The van der Waals surface area contributed by atoms with Crippen LogP contribution >= 0.6 is 11.3 Å². The number of rotatable bonds is 6. The van der Waals surface area contributed by atoms with Crippen LogP contribution in [0.25, 0.3) is 0 Å². The van der Waals surface area contributed by atoms with Crippen molar-refractivity contribution in [2.24, 2.45) is 0 Å². The van der Waals surface area contributed by atoms with Gasteiger partial charge in [0.15, 0.2) is 0 Å². The molecule has 0 atom stereocenters. The maximum absolute atomic E-state index is 11.9. The number of amides is 1. The second-order valence-corrected chi connectivity index (χ2v) is 5.84. The molecule has 6 nitrogen and oxygen atoms in total. The number of carbonyl (C=O) groups is 2. The van der Waals surface area contributed by atoms with Gasteiger partial charge >= 0.3 is 10.8 Å². The van der Waals surface area contributed by atoms with E-state index in [0.29, 0.717) is 30.6 Å². The van der Waals surface area contributed by atoms with E-state index in [2.05, 4.69) is 10.1 Å². The third-order valence-corrected chi connectivity index (χ3v) is 4.21. The average Bonchev–Trinajstić information content (AvgIpc) is 2.86. The minimum atomic E-state index is -0.451. The Labute approximate surface area is 137 Å². The van der Waals surface area contributed by atoms with E-state index < -0.39 is 5.97 Å². The van der Waals surface area contributed by atoms with Crippen molar-refractivity contribution < 1.29 is 14.3 Å². The third-order valence-electron chi connectivity index (χ3n) is 3.33. The molecule has 23 heavy (non-hydrogen) atoms. The van der Waals surface area contributed by atoms with E-state index in [9.17, 15) is 14.4 Å². The fraction of sp³-hybridized carbons (Fsp3) is 0.312. The van der Waals surface area contributed by atoms with E-state index in [0.717, 1.165) is 17.0 Å². The van der Waals surface area contributed by atoms with Crippen LogP contribution in [0.1, 0.15) is 28.9 Å². The number of carbonyl (C=O) groups excluding carboxylic acids is 2. The summed E-state index contributed by atoms with van der Waals surface area (Å²) < 4.78 is 6.30. The van der Waals surface area contributed by atoms with Gasteiger partial charge in [0.25, 0.3) is 0 Å². The van der Waals surface area contributed by atoms with Gasteiger partial charge < -0.3 is 14.6 Å². The van der Waals surface area contributed by atoms with Gasteiger partial charge in [0.1, 0.15) is 0 Å². The minimum Gasteiger partial charge on any atom is -0.465 e. The summed E-state index contributed by atoms with van der Waals surface area (Å²) in [4.78, 5) is 35.0. The zero-order chi connectivity index (χ0) is 16.8. The number of methoxy groups -OCH3 is 1. The maximum Gasteiger partial charge on any atom is 0.337 e. The summed E-state index contributed by atoms with van der Waals surface area (Å²) in [6.45, 7) is 2.39. The Morgan fingerprint density at radius 3 is 2.78 bits per heavy atom. The SMILES string of the molecule is COC(=O)c1cccc(NC(=O)CCCn2c(C)csc2=O)c1. The molecule has 0 aliphatic carbocycles. The molecule has 0 bridgehead atoms. The number of thiazole rings is 1. The van der Waals surface area contributed by atoms with Crippen LogP contribution in [0.5, 0.6) is 0 Å². The summed E-state index contributed by atoms with van der Waals surface area (Å²) in [5.41, 5.74) is 1.83. The van der Waals surface area contributed by atoms with Crippen molar-refractivity contribution in [3.8, 4) is 0 Å². The first-order valence-corrected chi connectivity index (χ1v) is 8.02. The predicted octanol–water partition coefficient (Wildman–Crippen LogP) is 2.42. The molecule has 0 aliphatic heterocycles. The molecule has 7 heteroatoms. The second kappa shape index (κ2) is 7.73. The molecule has 2 aromatic rings. The molecular formula is C16H18N2O4S. The van der Waals surface area contributed by atoms with Crippen molar-refractivity contribution in [2.45, 2.75) is 26.3 Å². The zero-order valence-electron chi connectivity index (χ0n) is 13.0. The van der Waals surface area contributed by atoms with E-state index in [1.54, 1.807) is 34.2 Å². The minimum absolute atomic E-state index is 0.00585. The molecular weight excluding hydrogens is 316 g/mol. The first-order valence-electron chi connectivity index (χ1n) is 7.14. The van der Waals surface area contributed by atoms with Gasteiger partial charge in [-0.25, -0.2) is 4.79 Å². The van der Waals surface area contributed by atoms with E-state index in [-0.39, 0.29) is 10.8 Å². The number of nitrogens with one attached hydrogen (secondary N) is 1. The Hall–Kier alpha value is -2.41. The zero-order valence-corrected chi connectivity index (χ0v) is 13.8. The van der Waals surface area contributed by atoms with Crippen LogP contribution in [-0.2, 0) is 16.1 Å². The van der Waals surface area contributed by atoms with Gasteiger partial charge in [-0.15, -0.1) is 0 Å². The molecule has 1 amide bonds. The number of aryl methyl sites for hydroxylation is 1. The van der Waals surface area contributed by atoms with E-state index in [1.807, 2.05) is 6.92 Å². The van der Waals surface area contributed by atoms with E-state index in [1.165, 1.54) is 7.11 Å². The average molecular weight is 334 g/mol. The summed E-state index contributed by atoms with van der Waals surface area (Å²) in [7, 11) is 1.31. The van der Waals surface area contributed by atoms with Gasteiger partial charge in [0.05, 0.1) is 12.7 Å². The van der Waals surface area contributed by atoms with E-state index in [4.69, 9.17) is 0 Å². The Bertz CT molecular complexity index is 763. The van der Waals surface area contributed by atoms with Crippen LogP contribution in [0, 0.1) is 6.92 Å². The highest BCUT2D eigenvalue weighted by atomic mass is 32.1. The molecule has 1 heterocycles. The van der Waals surface area contributed by atoms with Gasteiger partial charge in [0.2, 0.25) is 5.91 Å². The number of hydrogen-bond acceptors (Lipinski definition) is 5. The second-order valence-electron chi connectivity index (χ2n) is 5.02. The summed E-state index contributed by atoms with van der Waals surface area (Å²) in [6, 6.07) is 6.57. The molecule has 0 fully saturated rings. The molecule has 0 unspecified atom stereocenters. The first-order chi connectivity index (χ1) is 11.0. The van der Waals surface area contributed by atoms with Crippen LogP contribution in [0.3, 0.4) is 0 Å². The Morgan fingerprint density at radius 2 is 2.13 bits per heavy atom. The molecule has 1 N–H and O–H groups in total. The molecule has 122 valence electrons. The van der Waals surface area contributed by atoms with Gasteiger partial charge in [-0.05, 0) is 31.5 Å². The molecule has 0 radical (unpaired) electrons. The first kappa shape index (κ1) is 17.0. The third kappa shape index (κ3) is 4.53. The summed E-state index contributed by atoms with van der Waals surface area (Å²) >= 11 is 1.16. The highest BCUT2D eigenvalue weighted by Crippen LogP contribution is 2.12. The monoisotopic (exact) mass is 334 g/mol. The van der Waals surface area contributed by atoms with E-state index >= 15 is 0 Å². The standard InChI is InChI=1S/C16H18N2O4S/c1-11-10-23-16(21)18(11)8-4-7-14(19)17-13-6-3-5-12(9-13)15(20)22-2/h3,5-6,9-10H,4,7-8H2,1-2H3,(H,17,19). The fourth-order valence-electron chi connectivity index (χ4n) is 2.14. The van der Waals surface area contributed by atoms with Crippen LogP contribution in [0.2, 0.25) is 0 Å². The molecule has 0 aliphatic rings. The molecule has 0 spiro atoms. The van der Waals surface area contributed by atoms with Crippen LogP contribution in [0.4, 0.5) is 5.69 Å². The lowest BCUT2D eigenvalue weighted by Gasteiger charge is -2.07. The molecule has 0 saturated carbocycles. The number of aromatic nitrogens is 1. The van der Waals surface area contributed by atoms with Gasteiger partial charge in [-0.2, -0.15) is 0 Å². The van der Waals surface area contributed by atoms with Gasteiger partial charge in [0, 0.05) is 29.7 Å². The van der Waals surface area contributed by atoms with Crippen LogP contribution < -0.4 is 10.2 Å². The Kier molecular flexibility index (Phi) is 5.70. The van der Waals surface area contributed by atoms with Gasteiger partial charge in [-0.3, -0.25) is 9.59 Å². The van der Waals surface area contributed by atoms with Gasteiger partial charge in [-0.1, -0.05) is 17.4 Å². The van der Waals surface area contributed by atoms with Crippen LogP contribution in [-0.4, -0.2) is 23.6 Å². The fourth-order valence-corrected chi connectivity index (χ4v) is 2.90. The lowest BCUT2D eigenvalue weighted by Crippen LogP contribution is -2.17. The number of nitrogens with zero attached hydrogens (tertiary/aromatic N) is 1. The highest BCUT2D eigenvalue weighted by molar-refractivity contribution is 7.07.